The minimum absolute atomic E-state index is 0. The Labute approximate surface area is 127 Å². The highest BCUT2D eigenvalue weighted by Gasteiger charge is 2.29. The fourth-order valence-electron chi connectivity index (χ4n) is 2.38. The molecular weight excluding hydrogens is 272 g/mol. The Bertz CT molecular complexity index is 429. The third kappa shape index (κ3) is 4.80. The van der Waals surface area contributed by atoms with E-state index < -0.39 is 0 Å². The van der Waals surface area contributed by atoms with E-state index >= 15 is 0 Å². The molecule has 1 aromatic rings. The van der Waals surface area contributed by atoms with E-state index in [0.717, 1.165) is 0 Å². The zero-order valence-corrected chi connectivity index (χ0v) is 13.1. The minimum Gasteiger partial charge on any atom is -0.355 e. The lowest BCUT2D eigenvalue weighted by Gasteiger charge is -2.25. The second-order valence-electron chi connectivity index (χ2n) is 6.23. The van der Waals surface area contributed by atoms with Crippen molar-refractivity contribution in [1.29, 1.82) is 0 Å². The van der Waals surface area contributed by atoms with Crippen LogP contribution >= 0.6 is 12.4 Å². The molecule has 1 aliphatic carbocycles. The lowest BCUT2D eigenvalue weighted by atomic mass is 9.81. The van der Waals surface area contributed by atoms with Crippen molar-refractivity contribution in [2.24, 2.45) is 11.7 Å². The first kappa shape index (κ1) is 17.0. The van der Waals surface area contributed by atoms with E-state index in [1.54, 1.807) is 0 Å². The van der Waals surface area contributed by atoms with Gasteiger partial charge in [0.1, 0.15) is 0 Å². The summed E-state index contributed by atoms with van der Waals surface area (Å²) in [6.45, 7) is 4.81. The molecule has 1 unspecified atom stereocenters. The van der Waals surface area contributed by atoms with Crippen molar-refractivity contribution in [3.8, 4) is 0 Å². The van der Waals surface area contributed by atoms with Gasteiger partial charge in [0.15, 0.2) is 0 Å². The second kappa shape index (κ2) is 7.09. The largest absolute Gasteiger partial charge is 0.355 e. The maximum absolute atomic E-state index is 12.0. The Morgan fingerprint density at radius 1 is 1.35 bits per heavy atom. The molecule has 0 bridgehead atoms. The number of hydrogen-bond donors (Lipinski definition) is 2. The summed E-state index contributed by atoms with van der Waals surface area (Å²) in [5, 5.41) is 2.97. The molecule has 112 valence electrons. The van der Waals surface area contributed by atoms with Crippen molar-refractivity contribution in [3.63, 3.8) is 0 Å². The van der Waals surface area contributed by atoms with Gasteiger partial charge in [0.25, 0.3) is 0 Å². The van der Waals surface area contributed by atoms with Gasteiger partial charge in [-0.25, -0.2) is 0 Å². The number of benzene rings is 1. The van der Waals surface area contributed by atoms with Gasteiger partial charge in [-0.3, -0.25) is 4.79 Å². The normalized spacial score (nSPS) is 16.1. The van der Waals surface area contributed by atoms with Crippen LogP contribution in [0.2, 0.25) is 0 Å². The average Bonchev–Trinajstić information content (AvgIpc) is 3.21. The van der Waals surface area contributed by atoms with Gasteiger partial charge in [-0.1, -0.05) is 44.2 Å². The molecule has 2 rings (SSSR count). The molecule has 1 saturated carbocycles. The Morgan fingerprint density at radius 2 is 1.95 bits per heavy atom. The molecule has 0 aromatic heterocycles. The maximum Gasteiger partial charge on any atom is 0.220 e. The first-order chi connectivity index (χ1) is 8.99. The van der Waals surface area contributed by atoms with Crippen LogP contribution < -0.4 is 11.1 Å². The zero-order chi connectivity index (χ0) is 13.9. The molecule has 1 atom stereocenters. The highest BCUT2D eigenvalue weighted by molar-refractivity contribution is 5.85. The maximum atomic E-state index is 12.0. The van der Waals surface area contributed by atoms with Gasteiger partial charge in [-0.2, -0.15) is 0 Å². The highest BCUT2D eigenvalue weighted by atomic mass is 35.5. The molecule has 1 aliphatic rings. The summed E-state index contributed by atoms with van der Waals surface area (Å²) in [4.78, 5) is 12.0. The van der Waals surface area contributed by atoms with E-state index in [1.807, 2.05) is 18.2 Å². The Balaban J connectivity index is 0.00000200. The fraction of sp³-hybridized carbons (Fsp3) is 0.562. The molecule has 0 spiro atoms. The van der Waals surface area contributed by atoms with Crippen LogP contribution in [-0.2, 0) is 10.2 Å². The monoisotopic (exact) mass is 296 g/mol. The number of nitrogens with one attached hydrogen (secondary N) is 1. The summed E-state index contributed by atoms with van der Waals surface area (Å²) in [6, 6.07) is 10.3. The number of rotatable bonds is 6. The van der Waals surface area contributed by atoms with Crippen molar-refractivity contribution in [2.75, 3.05) is 6.54 Å². The van der Waals surface area contributed by atoms with Crippen LogP contribution in [0.3, 0.4) is 0 Å². The molecule has 1 aromatic carbocycles. The van der Waals surface area contributed by atoms with Gasteiger partial charge < -0.3 is 11.1 Å². The first-order valence-electron chi connectivity index (χ1n) is 7.07. The predicted molar refractivity (Wildman–Crippen MR) is 85.0 cm³/mol. The van der Waals surface area contributed by atoms with E-state index in [2.05, 4.69) is 31.3 Å². The van der Waals surface area contributed by atoms with Crippen molar-refractivity contribution >= 4 is 18.3 Å². The van der Waals surface area contributed by atoms with Crippen molar-refractivity contribution in [3.05, 3.63) is 35.9 Å². The van der Waals surface area contributed by atoms with E-state index in [1.165, 1.54) is 18.4 Å². The second-order valence-corrected chi connectivity index (χ2v) is 6.23. The number of nitrogens with two attached hydrogens (primary N) is 1. The van der Waals surface area contributed by atoms with Crippen LogP contribution in [0.25, 0.3) is 0 Å². The number of carbonyl (C=O) groups excluding carboxylic acids is 1. The molecule has 0 aliphatic heterocycles. The summed E-state index contributed by atoms with van der Waals surface area (Å²) in [5.41, 5.74) is 7.03. The molecule has 3 nitrogen and oxygen atoms in total. The summed E-state index contributed by atoms with van der Waals surface area (Å²) in [5.74, 6) is 0.715. The zero-order valence-electron chi connectivity index (χ0n) is 12.3. The molecule has 1 fully saturated rings. The van der Waals surface area contributed by atoms with Crippen LogP contribution in [-0.4, -0.2) is 18.5 Å². The third-order valence-electron chi connectivity index (χ3n) is 3.92. The van der Waals surface area contributed by atoms with Crippen LogP contribution in [0, 0.1) is 5.92 Å². The summed E-state index contributed by atoms with van der Waals surface area (Å²) in [6.07, 6.45) is 2.92. The SMILES string of the molecule is CC(C)(CC(=O)NCC(N)C1CC1)c1ccccc1.Cl. The Morgan fingerprint density at radius 3 is 2.50 bits per heavy atom. The smallest absolute Gasteiger partial charge is 0.220 e. The number of halogens is 1. The van der Waals surface area contributed by atoms with E-state index in [4.69, 9.17) is 5.73 Å². The highest BCUT2D eigenvalue weighted by Crippen LogP contribution is 2.31. The van der Waals surface area contributed by atoms with Crippen LogP contribution in [0.5, 0.6) is 0 Å². The lowest BCUT2D eigenvalue weighted by molar-refractivity contribution is -0.122. The van der Waals surface area contributed by atoms with E-state index in [0.29, 0.717) is 18.9 Å². The molecule has 0 saturated heterocycles. The van der Waals surface area contributed by atoms with Crippen molar-refractivity contribution in [1.82, 2.24) is 5.32 Å². The van der Waals surface area contributed by atoms with Gasteiger partial charge in [0.05, 0.1) is 0 Å². The van der Waals surface area contributed by atoms with Crippen LogP contribution in [0.1, 0.15) is 38.7 Å². The van der Waals surface area contributed by atoms with Crippen molar-refractivity contribution in [2.45, 2.75) is 44.6 Å². The predicted octanol–water partition coefficient (Wildman–Crippen LogP) is 2.63. The van der Waals surface area contributed by atoms with E-state index in [-0.39, 0.29) is 29.8 Å². The van der Waals surface area contributed by atoms with Gasteiger partial charge >= 0.3 is 0 Å². The molecular formula is C16H25ClN2O. The molecule has 4 heteroatoms. The summed E-state index contributed by atoms with van der Waals surface area (Å²) < 4.78 is 0. The minimum atomic E-state index is -0.144. The molecule has 0 heterocycles. The van der Waals surface area contributed by atoms with Gasteiger partial charge in [0.2, 0.25) is 5.91 Å². The van der Waals surface area contributed by atoms with Gasteiger partial charge in [0, 0.05) is 19.0 Å². The first-order valence-corrected chi connectivity index (χ1v) is 7.07. The summed E-state index contributed by atoms with van der Waals surface area (Å²) >= 11 is 0. The average molecular weight is 297 g/mol. The lowest BCUT2D eigenvalue weighted by Crippen LogP contribution is -2.40. The Hall–Kier alpha value is -1.06. The topological polar surface area (TPSA) is 55.1 Å². The molecule has 0 radical (unpaired) electrons. The quantitative estimate of drug-likeness (QED) is 0.848. The van der Waals surface area contributed by atoms with Gasteiger partial charge in [-0.05, 0) is 29.7 Å². The van der Waals surface area contributed by atoms with Crippen molar-refractivity contribution < 1.29 is 4.79 Å². The summed E-state index contributed by atoms with van der Waals surface area (Å²) in [7, 11) is 0. The van der Waals surface area contributed by atoms with E-state index in [9.17, 15) is 4.79 Å². The van der Waals surface area contributed by atoms with Crippen LogP contribution in [0.15, 0.2) is 30.3 Å². The third-order valence-corrected chi connectivity index (χ3v) is 3.92. The number of hydrogen-bond acceptors (Lipinski definition) is 2. The number of amides is 1. The molecule has 20 heavy (non-hydrogen) atoms. The Kier molecular flexibility index (Phi) is 6.03. The molecule has 3 N–H and O–H groups in total. The standard InChI is InChI=1S/C16H24N2O.ClH/c1-16(2,13-6-4-3-5-7-13)10-15(19)18-11-14(17)12-8-9-12;/h3-7,12,14H,8-11,17H2,1-2H3,(H,18,19);1H. The molecule has 1 amide bonds. The fourth-order valence-corrected chi connectivity index (χ4v) is 2.38. The number of carbonyl (C=O) groups is 1. The van der Waals surface area contributed by atoms with Gasteiger partial charge in [-0.15, -0.1) is 12.4 Å². The van der Waals surface area contributed by atoms with Crippen LogP contribution in [0.4, 0.5) is 0 Å².